The minimum atomic E-state index is -2.93. The van der Waals surface area contributed by atoms with Gasteiger partial charge in [0, 0.05) is 11.3 Å². The van der Waals surface area contributed by atoms with Crippen LogP contribution in [0.5, 0.6) is 11.5 Å². The summed E-state index contributed by atoms with van der Waals surface area (Å²) in [6, 6.07) is 2.99. The maximum Gasteiger partial charge on any atom is 0.387 e. The molecule has 2 aliphatic rings. The van der Waals surface area contributed by atoms with Crippen molar-refractivity contribution >= 4 is 17.6 Å². The molecule has 1 aromatic rings. The second-order valence-corrected chi connectivity index (χ2v) is 4.31. The normalized spacial score (nSPS) is 16.5. The predicted molar refractivity (Wildman–Crippen MR) is 66.1 cm³/mol. The lowest BCUT2D eigenvalue weighted by atomic mass is 10.1. The first-order chi connectivity index (χ1) is 9.58. The number of ether oxygens (including phenoxy) is 2. The van der Waals surface area contributed by atoms with Crippen LogP contribution in [0.1, 0.15) is 5.56 Å². The number of benzene rings is 1. The van der Waals surface area contributed by atoms with Gasteiger partial charge in [-0.3, -0.25) is 4.79 Å². The first-order valence-corrected chi connectivity index (χ1v) is 5.86. The van der Waals surface area contributed by atoms with Gasteiger partial charge in [0.25, 0.3) is 5.91 Å². The number of methoxy groups -OCH3 is 1. The molecule has 1 N–H and O–H groups in total. The zero-order valence-electron chi connectivity index (χ0n) is 10.5. The van der Waals surface area contributed by atoms with Crippen LogP contribution in [-0.2, 0) is 11.3 Å². The number of carbonyl (C=O) groups excluding carboxylic acids is 1. The number of hydrogen-bond donors (Lipinski definition) is 1. The van der Waals surface area contributed by atoms with Crippen molar-refractivity contribution in [3.05, 3.63) is 17.7 Å². The number of fused-ring (bicyclic) bond motifs is 2. The lowest BCUT2D eigenvalue weighted by Crippen LogP contribution is -2.37. The summed E-state index contributed by atoms with van der Waals surface area (Å²) in [4.78, 5) is 16.8. The molecule has 2 heterocycles. The highest BCUT2D eigenvalue weighted by molar-refractivity contribution is 6.08. The summed E-state index contributed by atoms with van der Waals surface area (Å²) < 4.78 is 34.3. The summed E-state index contributed by atoms with van der Waals surface area (Å²) in [5.74, 6) is 0.415. The largest absolute Gasteiger partial charge is 0.492 e. The Bertz CT molecular complexity index is 604. The quantitative estimate of drug-likeness (QED) is 0.909. The van der Waals surface area contributed by atoms with Gasteiger partial charge in [-0.2, -0.15) is 13.8 Å². The average Bonchev–Trinajstić information content (AvgIpc) is 2.74. The number of anilines is 1. The molecule has 2 aliphatic heterocycles. The lowest BCUT2D eigenvalue weighted by Gasteiger charge is -2.29. The smallest absolute Gasteiger partial charge is 0.387 e. The van der Waals surface area contributed by atoms with Crippen LogP contribution in [0.15, 0.2) is 17.1 Å². The summed E-state index contributed by atoms with van der Waals surface area (Å²) in [6.07, 6.45) is 0. The van der Waals surface area contributed by atoms with Crippen LogP contribution in [0.4, 0.5) is 14.5 Å². The number of carbonyl (C=O) groups is 1. The number of guanidine groups is 1. The summed E-state index contributed by atoms with van der Waals surface area (Å²) in [6.45, 7) is -2.43. The van der Waals surface area contributed by atoms with Crippen LogP contribution >= 0.6 is 0 Å². The molecule has 0 saturated carbocycles. The van der Waals surface area contributed by atoms with Gasteiger partial charge < -0.3 is 19.7 Å². The topological polar surface area (TPSA) is 63.2 Å². The van der Waals surface area contributed by atoms with E-state index in [-0.39, 0.29) is 24.0 Å². The third-order valence-electron chi connectivity index (χ3n) is 3.10. The maximum atomic E-state index is 12.4. The van der Waals surface area contributed by atoms with Gasteiger partial charge in [-0.15, -0.1) is 0 Å². The summed E-state index contributed by atoms with van der Waals surface area (Å²) in [5.41, 5.74) is 1.31. The second-order valence-electron chi connectivity index (χ2n) is 4.31. The monoisotopic (exact) mass is 283 g/mol. The van der Waals surface area contributed by atoms with Crippen LogP contribution < -0.4 is 14.8 Å². The van der Waals surface area contributed by atoms with Gasteiger partial charge in [0.05, 0.1) is 13.7 Å². The molecular weight excluding hydrogens is 272 g/mol. The Morgan fingerprint density at radius 1 is 1.40 bits per heavy atom. The van der Waals surface area contributed by atoms with Crippen LogP contribution in [0.2, 0.25) is 0 Å². The molecule has 0 bridgehead atoms. The van der Waals surface area contributed by atoms with Crippen molar-refractivity contribution < 1.29 is 23.0 Å². The van der Waals surface area contributed by atoms with Crippen molar-refractivity contribution in [2.45, 2.75) is 13.2 Å². The first-order valence-electron chi connectivity index (χ1n) is 5.86. The Kier molecular flexibility index (Phi) is 2.92. The SMILES string of the molecule is COc1c(OC(F)F)ccc2c1CN1CC(=O)N=C1N2. The zero-order valence-corrected chi connectivity index (χ0v) is 10.5. The van der Waals surface area contributed by atoms with Gasteiger partial charge in [-0.1, -0.05) is 0 Å². The molecule has 0 saturated heterocycles. The van der Waals surface area contributed by atoms with E-state index in [9.17, 15) is 13.6 Å². The number of nitrogens with one attached hydrogen (secondary N) is 1. The number of amides is 1. The molecule has 0 unspecified atom stereocenters. The van der Waals surface area contributed by atoms with E-state index in [4.69, 9.17) is 4.74 Å². The molecule has 8 heteroatoms. The van der Waals surface area contributed by atoms with Crippen LogP contribution in [0, 0.1) is 0 Å². The molecule has 0 atom stereocenters. The van der Waals surface area contributed by atoms with E-state index in [0.29, 0.717) is 23.8 Å². The minimum absolute atomic E-state index is 0.0334. The number of alkyl halides is 2. The molecule has 0 aliphatic carbocycles. The van der Waals surface area contributed by atoms with Gasteiger partial charge in [-0.25, -0.2) is 0 Å². The highest BCUT2D eigenvalue weighted by atomic mass is 19.3. The van der Waals surface area contributed by atoms with Crippen molar-refractivity contribution in [1.82, 2.24) is 4.90 Å². The summed E-state index contributed by atoms with van der Waals surface area (Å²) >= 11 is 0. The molecule has 20 heavy (non-hydrogen) atoms. The van der Waals surface area contributed by atoms with E-state index in [1.807, 2.05) is 0 Å². The fraction of sp³-hybridized carbons (Fsp3) is 0.333. The number of nitrogens with zero attached hydrogens (tertiary/aromatic N) is 2. The highest BCUT2D eigenvalue weighted by Crippen LogP contribution is 2.40. The van der Waals surface area contributed by atoms with E-state index >= 15 is 0 Å². The molecule has 0 radical (unpaired) electrons. The molecule has 1 aromatic carbocycles. The highest BCUT2D eigenvalue weighted by Gasteiger charge is 2.31. The fourth-order valence-corrected chi connectivity index (χ4v) is 2.30. The molecule has 6 nitrogen and oxygen atoms in total. The number of rotatable bonds is 3. The van der Waals surface area contributed by atoms with Gasteiger partial charge in [0.1, 0.15) is 6.54 Å². The fourth-order valence-electron chi connectivity index (χ4n) is 2.30. The van der Waals surface area contributed by atoms with Crippen molar-refractivity contribution in [2.75, 3.05) is 19.0 Å². The number of hydrogen-bond acceptors (Lipinski definition) is 5. The third kappa shape index (κ3) is 2.02. The molecule has 1 amide bonds. The van der Waals surface area contributed by atoms with Gasteiger partial charge in [0.2, 0.25) is 5.96 Å². The zero-order chi connectivity index (χ0) is 14.3. The van der Waals surface area contributed by atoms with Crippen LogP contribution in [-0.4, -0.2) is 37.0 Å². The molecule has 3 rings (SSSR count). The number of halogens is 2. The van der Waals surface area contributed by atoms with E-state index in [0.717, 1.165) is 0 Å². The van der Waals surface area contributed by atoms with Crippen molar-refractivity contribution in [1.29, 1.82) is 0 Å². The van der Waals surface area contributed by atoms with Crippen molar-refractivity contribution in [2.24, 2.45) is 4.99 Å². The third-order valence-corrected chi connectivity index (χ3v) is 3.10. The standard InChI is InChI=1S/C12H11F2N3O3/c1-19-10-6-4-17-5-9(18)16-12(17)15-7(6)2-3-8(10)20-11(13)14/h2-3,11H,4-5H2,1H3,(H,15,16,18). The molecule has 0 aromatic heterocycles. The molecule has 0 spiro atoms. The molecular formula is C12H11F2N3O3. The minimum Gasteiger partial charge on any atom is -0.492 e. The Hall–Kier alpha value is -2.38. The number of aliphatic imine (C=N–C) groups is 1. The average molecular weight is 283 g/mol. The second kappa shape index (κ2) is 4.62. The van der Waals surface area contributed by atoms with Gasteiger partial charge >= 0.3 is 6.61 Å². The Labute approximate surface area is 113 Å². The van der Waals surface area contributed by atoms with Crippen molar-refractivity contribution in [3.8, 4) is 11.5 Å². The summed E-state index contributed by atoms with van der Waals surface area (Å²) in [5, 5.41) is 2.98. The molecule has 0 fully saturated rings. The Balaban J connectivity index is 2.00. The summed E-state index contributed by atoms with van der Waals surface area (Å²) in [7, 11) is 1.38. The van der Waals surface area contributed by atoms with Crippen LogP contribution in [0.3, 0.4) is 0 Å². The maximum absolute atomic E-state index is 12.4. The van der Waals surface area contributed by atoms with Gasteiger partial charge in [0.15, 0.2) is 11.5 Å². The van der Waals surface area contributed by atoms with Crippen molar-refractivity contribution in [3.63, 3.8) is 0 Å². The Morgan fingerprint density at radius 3 is 2.90 bits per heavy atom. The van der Waals surface area contributed by atoms with Gasteiger partial charge in [-0.05, 0) is 12.1 Å². The Morgan fingerprint density at radius 2 is 2.20 bits per heavy atom. The first kappa shape index (κ1) is 12.6. The lowest BCUT2D eigenvalue weighted by molar-refractivity contribution is -0.117. The van der Waals surface area contributed by atoms with E-state index in [2.05, 4.69) is 15.0 Å². The molecule has 106 valence electrons. The van der Waals surface area contributed by atoms with Crippen LogP contribution in [0.25, 0.3) is 0 Å². The predicted octanol–water partition coefficient (Wildman–Crippen LogP) is 1.42. The van der Waals surface area contributed by atoms with E-state index < -0.39 is 6.61 Å². The van der Waals surface area contributed by atoms with E-state index in [1.165, 1.54) is 13.2 Å². The van der Waals surface area contributed by atoms with E-state index in [1.54, 1.807) is 11.0 Å².